The van der Waals surface area contributed by atoms with E-state index in [0.717, 1.165) is 21.2 Å². The van der Waals surface area contributed by atoms with Gasteiger partial charge in [-0.2, -0.15) is 0 Å². The van der Waals surface area contributed by atoms with Gasteiger partial charge >= 0.3 is 0 Å². The fourth-order valence-electron chi connectivity index (χ4n) is 2.34. The number of thioether (sulfide) groups is 1. The van der Waals surface area contributed by atoms with E-state index in [9.17, 15) is 4.79 Å². The molecule has 114 valence electrons. The Kier molecular flexibility index (Phi) is 3.77. The summed E-state index contributed by atoms with van der Waals surface area (Å²) in [6.07, 6.45) is 0. The van der Waals surface area contributed by atoms with Gasteiger partial charge in [-0.1, -0.05) is 42.1 Å². The van der Waals surface area contributed by atoms with Crippen LogP contribution in [-0.2, 0) is 5.75 Å². The Hall–Kier alpha value is -2.31. The zero-order chi connectivity index (χ0) is 15.6. The molecule has 2 aromatic heterocycles. The predicted octanol–water partition coefficient (Wildman–Crippen LogP) is 4.07. The average molecular weight is 339 g/mol. The monoisotopic (exact) mass is 339 g/mol. The lowest BCUT2D eigenvalue weighted by Crippen LogP contribution is -2.12. The van der Waals surface area contributed by atoms with Crippen molar-refractivity contribution < 1.29 is 0 Å². The van der Waals surface area contributed by atoms with Crippen molar-refractivity contribution in [1.82, 2.24) is 14.8 Å². The summed E-state index contributed by atoms with van der Waals surface area (Å²) in [5.41, 5.74) is 2.71. The van der Waals surface area contributed by atoms with Crippen LogP contribution >= 0.6 is 23.1 Å². The molecule has 23 heavy (non-hydrogen) atoms. The van der Waals surface area contributed by atoms with Crippen molar-refractivity contribution in [2.75, 3.05) is 0 Å². The van der Waals surface area contributed by atoms with Crippen LogP contribution in [0.1, 0.15) is 5.69 Å². The summed E-state index contributed by atoms with van der Waals surface area (Å²) in [5, 5.41) is 3.16. The first kappa shape index (κ1) is 14.3. The van der Waals surface area contributed by atoms with E-state index in [1.54, 1.807) is 33.8 Å². The van der Waals surface area contributed by atoms with E-state index in [1.807, 2.05) is 48.5 Å². The van der Waals surface area contributed by atoms with Crippen molar-refractivity contribution in [2.45, 2.75) is 10.1 Å². The summed E-state index contributed by atoms with van der Waals surface area (Å²) in [6.45, 7) is 0. The molecule has 6 heteroatoms. The van der Waals surface area contributed by atoms with Crippen molar-refractivity contribution >= 4 is 33.3 Å². The molecule has 2 heterocycles. The molecule has 0 aliphatic heterocycles. The molecule has 0 amide bonds. The molecule has 4 aromatic rings. The molecule has 0 unspecified atom stereocenters. The summed E-state index contributed by atoms with van der Waals surface area (Å²) in [6, 6.07) is 19.3. The lowest BCUT2D eigenvalue weighted by Gasteiger charge is -2.00. The third-order valence-electron chi connectivity index (χ3n) is 3.41. The number of nitrogens with one attached hydrogen (secondary N) is 1. The van der Waals surface area contributed by atoms with Gasteiger partial charge in [-0.3, -0.25) is 9.89 Å². The maximum Gasteiger partial charge on any atom is 0.271 e. The van der Waals surface area contributed by atoms with Crippen molar-refractivity contribution in [2.24, 2.45) is 0 Å². The Labute approximate surface area is 140 Å². The molecule has 0 aliphatic rings. The normalized spacial score (nSPS) is 11.1. The fourth-order valence-corrected chi connectivity index (χ4v) is 4.31. The molecule has 1 N–H and O–H groups in total. The van der Waals surface area contributed by atoms with Gasteiger partial charge in [0.1, 0.15) is 0 Å². The first-order valence-electron chi connectivity index (χ1n) is 7.14. The van der Waals surface area contributed by atoms with Gasteiger partial charge in [0.15, 0.2) is 4.34 Å². The van der Waals surface area contributed by atoms with Gasteiger partial charge in [-0.25, -0.2) is 9.67 Å². The molecule has 0 fully saturated rings. The second kappa shape index (κ2) is 6.06. The fraction of sp³-hybridized carbons (Fsp3) is 0.0588. The van der Waals surface area contributed by atoms with Crippen molar-refractivity contribution in [3.05, 3.63) is 76.7 Å². The third-order valence-corrected chi connectivity index (χ3v) is 5.64. The molecule has 2 aromatic carbocycles. The van der Waals surface area contributed by atoms with Gasteiger partial charge in [0.2, 0.25) is 0 Å². The smallest absolute Gasteiger partial charge is 0.271 e. The van der Waals surface area contributed by atoms with Gasteiger partial charge in [0, 0.05) is 17.5 Å². The molecule has 0 radical (unpaired) electrons. The number of rotatable bonds is 4. The highest BCUT2D eigenvalue weighted by molar-refractivity contribution is 8.00. The molecule has 4 rings (SSSR count). The van der Waals surface area contributed by atoms with E-state index < -0.39 is 0 Å². The predicted molar refractivity (Wildman–Crippen MR) is 95.6 cm³/mol. The first-order valence-corrected chi connectivity index (χ1v) is 8.94. The van der Waals surface area contributed by atoms with Crippen LogP contribution in [0.2, 0.25) is 0 Å². The molecule has 0 saturated carbocycles. The Bertz CT molecular complexity index is 968. The largest absolute Gasteiger partial charge is 0.294 e. The van der Waals surface area contributed by atoms with Crippen LogP contribution in [0.25, 0.3) is 15.9 Å². The van der Waals surface area contributed by atoms with Crippen LogP contribution in [0.4, 0.5) is 0 Å². The molecule has 0 spiro atoms. The number of fused-ring (bicyclic) bond motifs is 1. The van der Waals surface area contributed by atoms with Crippen molar-refractivity contribution in [3.63, 3.8) is 0 Å². The summed E-state index contributed by atoms with van der Waals surface area (Å²) in [7, 11) is 0. The topological polar surface area (TPSA) is 50.7 Å². The van der Waals surface area contributed by atoms with E-state index >= 15 is 0 Å². The van der Waals surface area contributed by atoms with Crippen LogP contribution < -0.4 is 5.56 Å². The van der Waals surface area contributed by atoms with E-state index in [4.69, 9.17) is 0 Å². The molecular formula is C17H13N3OS2. The van der Waals surface area contributed by atoms with Crippen LogP contribution in [0.15, 0.2) is 69.8 Å². The molecule has 4 nitrogen and oxygen atoms in total. The van der Waals surface area contributed by atoms with Gasteiger partial charge in [0.25, 0.3) is 5.56 Å². The van der Waals surface area contributed by atoms with Gasteiger partial charge < -0.3 is 0 Å². The minimum absolute atomic E-state index is 0.0453. The Balaban J connectivity index is 1.54. The highest BCUT2D eigenvalue weighted by Gasteiger charge is 2.08. The first-order chi connectivity index (χ1) is 11.3. The maximum atomic E-state index is 12.1. The molecule has 0 bridgehead atoms. The lowest BCUT2D eigenvalue weighted by molar-refractivity contribution is 0.833. The highest BCUT2D eigenvalue weighted by Crippen LogP contribution is 2.30. The second-order valence-corrected chi connectivity index (χ2v) is 7.28. The van der Waals surface area contributed by atoms with Gasteiger partial charge in [-0.05, 0) is 24.3 Å². The number of benzene rings is 2. The van der Waals surface area contributed by atoms with Crippen molar-refractivity contribution in [3.8, 4) is 5.69 Å². The Morgan fingerprint density at radius 3 is 2.70 bits per heavy atom. The summed E-state index contributed by atoms with van der Waals surface area (Å²) >= 11 is 3.32. The zero-order valence-electron chi connectivity index (χ0n) is 12.1. The second-order valence-electron chi connectivity index (χ2n) is 5.03. The van der Waals surface area contributed by atoms with Gasteiger partial charge in [0.05, 0.1) is 15.9 Å². The zero-order valence-corrected chi connectivity index (χ0v) is 13.7. The average Bonchev–Trinajstić information content (AvgIpc) is 3.16. The summed E-state index contributed by atoms with van der Waals surface area (Å²) in [4.78, 5) is 16.7. The SMILES string of the molecule is O=c1cc(CSc2nc3ccccc3s2)[nH]n1-c1ccccc1. The van der Waals surface area contributed by atoms with E-state index in [2.05, 4.69) is 16.1 Å². The molecular weight excluding hydrogens is 326 g/mol. The minimum Gasteiger partial charge on any atom is -0.294 e. The van der Waals surface area contributed by atoms with E-state index in [-0.39, 0.29) is 5.56 Å². The third kappa shape index (κ3) is 2.95. The number of H-pyrrole nitrogens is 1. The molecule has 0 saturated heterocycles. The lowest BCUT2D eigenvalue weighted by atomic mass is 10.3. The number of aromatic nitrogens is 3. The van der Waals surface area contributed by atoms with E-state index in [0.29, 0.717) is 5.75 Å². The van der Waals surface area contributed by atoms with Crippen LogP contribution in [0.3, 0.4) is 0 Å². The quantitative estimate of drug-likeness (QED) is 0.570. The van der Waals surface area contributed by atoms with Crippen LogP contribution in [0.5, 0.6) is 0 Å². The highest BCUT2D eigenvalue weighted by atomic mass is 32.2. The minimum atomic E-state index is -0.0453. The number of thiazole rings is 1. The number of nitrogens with zero attached hydrogens (tertiary/aromatic N) is 2. The Morgan fingerprint density at radius 1 is 1.09 bits per heavy atom. The summed E-state index contributed by atoms with van der Waals surface area (Å²) in [5.74, 6) is 0.689. The van der Waals surface area contributed by atoms with Crippen LogP contribution in [-0.4, -0.2) is 14.8 Å². The molecule has 0 atom stereocenters. The number of para-hydroxylation sites is 2. The number of aromatic amines is 1. The van der Waals surface area contributed by atoms with Crippen molar-refractivity contribution in [1.29, 1.82) is 0 Å². The number of hydrogen-bond acceptors (Lipinski definition) is 4. The van der Waals surface area contributed by atoms with Crippen LogP contribution in [0, 0.1) is 0 Å². The van der Waals surface area contributed by atoms with Gasteiger partial charge in [-0.15, -0.1) is 11.3 Å². The number of hydrogen-bond donors (Lipinski definition) is 1. The molecule has 0 aliphatic carbocycles. The summed E-state index contributed by atoms with van der Waals surface area (Å²) < 4.78 is 3.76. The Morgan fingerprint density at radius 2 is 1.87 bits per heavy atom. The van der Waals surface area contributed by atoms with E-state index in [1.165, 1.54) is 4.70 Å². The maximum absolute atomic E-state index is 12.1. The standard InChI is InChI=1S/C17H13N3OS2/c21-16-10-12(19-20(16)13-6-2-1-3-7-13)11-22-17-18-14-8-4-5-9-15(14)23-17/h1-10,19H,11H2.